The summed E-state index contributed by atoms with van der Waals surface area (Å²) in [6.45, 7) is 5.30. The summed E-state index contributed by atoms with van der Waals surface area (Å²) in [7, 11) is 1.80. The van der Waals surface area contributed by atoms with Crippen LogP contribution in [0.4, 0.5) is 0 Å². The van der Waals surface area contributed by atoms with E-state index in [1.165, 1.54) is 0 Å². The van der Waals surface area contributed by atoms with Gasteiger partial charge in [-0.25, -0.2) is 0 Å². The first-order valence-corrected chi connectivity index (χ1v) is 4.51. The molecule has 0 spiro atoms. The van der Waals surface area contributed by atoms with Crippen molar-refractivity contribution in [3.63, 3.8) is 0 Å². The standard InChI is InChI=1S/C9H16N2O2/c1-7(12)6-11-5-4-10(3)9(13)8(11)2/h8H,4-6H2,1-3H3. The largest absolute Gasteiger partial charge is 0.343 e. The molecule has 1 fully saturated rings. The topological polar surface area (TPSA) is 40.6 Å². The molecule has 0 aromatic heterocycles. The van der Waals surface area contributed by atoms with E-state index in [-0.39, 0.29) is 17.7 Å². The normalized spacial score (nSPS) is 25.0. The van der Waals surface area contributed by atoms with Crippen molar-refractivity contribution in [1.82, 2.24) is 9.80 Å². The number of nitrogens with zero attached hydrogens (tertiary/aromatic N) is 2. The molecule has 0 N–H and O–H groups in total. The zero-order valence-electron chi connectivity index (χ0n) is 8.41. The van der Waals surface area contributed by atoms with Crippen LogP contribution in [-0.4, -0.2) is 54.2 Å². The highest BCUT2D eigenvalue weighted by Gasteiger charge is 2.29. The minimum absolute atomic E-state index is 0.104. The average molecular weight is 184 g/mol. The zero-order valence-corrected chi connectivity index (χ0v) is 8.41. The Labute approximate surface area is 78.5 Å². The summed E-state index contributed by atoms with van der Waals surface area (Å²) in [4.78, 5) is 26.0. The third-order valence-corrected chi connectivity index (χ3v) is 2.43. The maximum absolute atomic E-state index is 11.5. The molecule has 1 heterocycles. The monoisotopic (exact) mass is 184 g/mol. The molecule has 0 aromatic carbocycles. The van der Waals surface area contributed by atoms with Crippen molar-refractivity contribution in [2.24, 2.45) is 0 Å². The maximum atomic E-state index is 11.5. The lowest BCUT2D eigenvalue weighted by Gasteiger charge is -2.36. The first kappa shape index (κ1) is 10.2. The van der Waals surface area contributed by atoms with Crippen molar-refractivity contribution in [3.8, 4) is 0 Å². The summed E-state index contributed by atoms with van der Waals surface area (Å²) in [5, 5.41) is 0. The molecule has 4 nitrogen and oxygen atoms in total. The van der Waals surface area contributed by atoms with E-state index in [2.05, 4.69) is 0 Å². The van der Waals surface area contributed by atoms with E-state index >= 15 is 0 Å². The van der Waals surface area contributed by atoms with Gasteiger partial charge in [0.15, 0.2) is 0 Å². The van der Waals surface area contributed by atoms with Gasteiger partial charge in [0.25, 0.3) is 0 Å². The van der Waals surface area contributed by atoms with Gasteiger partial charge in [0.1, 0.15) is 5.78 Å². The highest BCUT2D eigenvalue weighted by atomic mass is 16.2. The predicted molar refractivity (Wildman–Crippen MR) is 49.4 cm³/mol. The lowest BCUT2D eigenvalue weighted by atomic mass is 10.2. The van der Waals surface area contributed by atoms with Gasteiger partial charge in [-0.1, -0.05) is 0 Å². The van der Waals surface area contributed by atoms with E-state index in [4.69, 9.17) is 0 Å². The Balaban J connectivity index is 2.58. The van der Waals surface area contributed by atoms with Gasteiger partial charge >= 0.3 is 0 Å². The van der Waals surface area contributed by atoms with Gasteiger partial charge in [0.2, 0.25) is 5.91 Å². The predicted octanol–water partition coefficient (Wildman–Crippen LogP) is -0.262. The molecule has 1 aliphatic heterocycles. The van der Waals surface area contributed by atoms with Crippen LogP contribution in [-0.2, 0) is 9.59 Å². The number of carbonyl (C=O) groups excluding carboxylic acids is 2. The molecule has 1 saturated heterocycles. The first-order chi connectivity index (χ1) is 6.02. The van der Waals surface area contributed by atoms with E-state index < -0.39 is 0 Å². The Morgan fingerprint density at radius 3 is 2.69 bits per heavy atom. The van der Waals surface area contributed by atoms with Crippen LogP contribution in [0.15, 0.2) is 0 Å². The molecule has 74 valence electrons. The van der Waals surface area contributed by atoms with Gasteiger partial charge < -0.3 is 4.90 Å². The molecule has 0 radical (unpaired) electrons. The molecule has 0 aromatic rings. The average Bonchev–Trinajstić information content (AvgIpc) is 2.06. The summed E-state index contributed by atoms with van der Waals surface area (Å²) in [6, 6.07) is -0.150. The van der Waals surface area contributed by atoms with Gasteiger partial charge in [0.05, 0.1) is 12.6 Å². The molecule has 1 atom stereocenters. The number of hydrogen-bond acceptors (Lipinski definition) is 3. The maximum Gasteiger partial charge on any atom is 0.239 e. The van der Waals surface area contributed by atoms with Crippen molar-refractivity contribution < 1.29 is 9.59 Å². The van der Waals surface area contributed by atoms with Gasteiger partial charge in [-0.05, 0) is 13.8 Å². The number of ketones is 1. The highest BCUT2D eigenvalue weighted by molar-refractivity contribution is 5.83. The van der Waals surface area contributed by atoms with Crippen molar-refractivity contribution in [2.45, 2.75) is 19.9 Å². The molecule has 1 aliphatic rings. The summed E-state index contributed by atoms with van der Waals surface area (Å²) >= 11 is 0. The molecule has 4 heteroatoms. The van der Waals surface area contributed by atoms with Gasteiger partial charge in [-0.3, -0.25) is 14.5 Å². The van der Waals surface area contributed by atoms with Crippen LogP contribution in [0.1, 0.15) is 13.8 Å². The van der Waals surface area contributed by atoms with E-state index in [0.29, 0.717) is 6.54 Å². The number of amides is 1. The summed E-state index contributed by atoms with van der Waals surface area (Å²) in [6.07, 6.45) is 0. The Hall–Kier alpha value is -0.900. The van der Waals surface area contributed by atoms with Crippen LogP contribution in [0.25, 0.3) is 0 Å². The van der Waals surface area contributed by atoms with E-state index in [1.807, 2.05) is 11.8 Å². The second-order valence-electron chi connectivity index (χ2n) is 3.61. The van der Waals surface area contributed by atoms with Crippen molar-refractivity contribution in [2.75, 3.05) is 26.7 Å². The molecule has 1 amide bonds. The number of hydrogen-bond donors (Lipinski definition) is 0. The third kappa shape index (κ3) is 2.28. The molecule has 1 rings (SSSR count). The molecular formula is C9H16N2O2. The fourth-order valence-corrected chi connectivity index (χ4v) is 1.56. The Bertz CT molecular complexity index is 228. The molecule has 13 heavy (non-hydrogen) atoms. The van der Waals surface area contributed by atoms with Crippen molar-refractivity contribution in [3.05, 3.63) is 0 Å². The van der Waals surface area contributed by atoms with Crippen LogP contribution in [0.3, 0.4) is 0 Å². The molecule has 0 aliphatic carbocycles. The van der Waals surface area contributed by atoms with Crippen LogP contribution in [0.5, 0.6) is 0 Å². The second kappa shape index (κ2) is 3.87. The van der Waals surface area contributed by atoms with E-state index in [0.717, 1.165) is 13.1 Å². The van der Waals surface area contributed by atoms with Gasteiger partial charge in [-0.2, -0.15) is 0 Å². The summed E-state index contributed by atoms with van der Waals surface area (Å²) in [5.74, 6) is 0.219. The third-order valence-electron chi connectivity index (χ3n) is 2.43. The number of carbonyl (C=O) groups is 2. The van der Waals surface area contributed by atoms with E-state index in [9.17, 15) is 9.59 Å². The smallest absolute Gasteiger partial charge is 0.239 e. The second-order valence-corrected chi connectivity index (χ2v) is 3.61. The quantitative estimate of drug-likeness (QED) is 0.593. The number of likely N-dealkylation sites (N-methyl/N-ethyl adjacent to an activating group) is 1. The Morgan fingerprint density at radius 2 is 2.15 bits per heavy atom. The SMILES string of the molecule is CC(=O)CN1CCN(C)C(=O)C1C. The Kier molecular flexibility index (Phi) is 3.03. The highest BCUT2D eigenvalue weighted by Crippen LogP contribution is 2.08. The van der Waals surface area contributed by atoms with Crippen molar-refractivity contribution >= 4 is 11.7 Å². The number of rotatable bonds is 2. The van der Waals surface area contributed by atoms with Gasteiger partial charge in [0, 0.05) is 20.1 Å². The molecule has 0 bridgehead atoms. The zero-order chi connectivity index (χ0) is 10.0. The van der Waals surface area contributed by atoms with Crippen LogP contribution in [0, 0.1) is 0 Å². The number of Topliss-reactive ketones (excluding diaryl/α,β-unsaturated/α-hetero) is 1. The minimum Gasteiger partial charge on any atom is -0.343 e. The molecular weight excluding hydrogens is 168 g/mol. The van der Waals surface area contributed by atoms with E-state index in [1.54, 1.807) is 18.9 Å². The molecule has 0 saturated carbocycles. The summed E-state index contributed by atoms with van der Waals surface area (Å²) < 4.78 is 0. The van der Waals surface area contributed by atoms with Gasteiger partial charge in [-0.15, -0.1) is 0 Å². The van der Waals surface area contributed by atoms with Crippen LogP contribution >= 0.6 is 0 Å². The Morgan fingerprint density at radius 1 is 1.54 bits per heavy atom. The van der Waals surface area contributed by atoms with Crippen LogP contribution in [0.2, 0.25) is 0 Å². The fraction of sp³-hybridized carbons (Fsp3) is 0.778. The number of piperazine rings is 1. The fourth-order valence-electron chi connectivity index (χ4n) is 1.56. The van der Waals surface area contributed by atoms with Crippen LogP contribution < -0.4 is 0 Å². The molecule has 1 unspecified atom stereocenters. The van der Waals surface area contributed by atoms with Crippen molar-refractivity contribution in [1.29, 1.82) is 0 Å². The minimum atomic E-state index is -0.150. The lowest BCUT2D eigenvalue weighted by Crippen LogP contribution is -2.55. The first-order valence-electron chi connectivity index (χ1n) is 4.51. The lowest BCUT2D eigenvalue weighted by molar-refractivity contribution is -0.140. The summed E-state index contributed by atoms with van der Waals surface area (Å²) in [5.41, 5.74) is 0.